The molecular formula is C24H24N4O3S. The van der Waals surface area contributed by atoms with Crippen LogP contribution in [0.25, 0.3) is 16.0 Å². The summed E-state index contributed by atoms with van der Waals surface area (Å²) in [6.45, 7) is 13.3. The van der Waals surface area contributed by atoms with Crippen LogP contribution < -0.4 is 4.72 Å². The zero-order chi connectivity index (χ0) is 23.3. The van der Waals surface area contributed by atoms with E-state index in [1.165, 1.54) is 6.20 Å². The number of carbonyl (C=O) groups is 1. The highest BCUT2D eigenvalue weighted by molar-refractivity contribution is 7.89. The highest BCUT2D eigenvalue weighted by Crippen LogP contribution is 2.33. The number of sulfonamides is 1. The molecule has 3 aromatic rings. The van der Waals surface area contributed by atoms with Crippen molar-refractivity contribution in [2.24, 2.45) is 0 Å². The molecule has 3 rings (SSSR count). The van der Waals surface area contributed by atoms with Gasteiger partial charge in [-0.2, -0.15) is 0 Å². The maximum Gasteiger partial charge on any atom is 0.270 e. The SMILES string of the molecule is [C-]#[N+]c1cc(-c2cc(C)cc(C(C)C)c2CC(=O)NS(=O)(=O)Cc2cccnc2)ccn1. The first kappa shape index (κ1) is 23.1. The summed E-state index contributed by atoms with van der Waals surface area (Å²) in [6.07, 6.45) is 4.46. The third kappa shape index (κ3) is 5.77. The standard InChI is InChI=1S/C24H24N4O3S/c1-16(2)20-10-17(3)11-21(19-7-9-27-23(12-19)25-4)22(20)13-24(29)28-32(30,31)15-18-6-5-8-26-14-18/h5-12,14,16H,13,15H2,1-3H3,(H,28,29). The molecule has 0 spiro atoms. The van der Waals surface area contributed by atoms with Gasteiger partial charge in [-0.3, -0.25) is 14.5 Å². The fraction of sp³-hybridized carbons (Fsp3) is 0.250. The second-order valence-corrected chi connectivity index (χ2v) is 9.59. The van der Waals surface area contributed by atoms with Gasteiger partial charge in [-0.05, 0) is 58.9 Å². The molecule has 1 aromatic carbocycles. The third-order valence-electron chi connectivity index (χ3n) is 4.91. The topological polar surface area (TPSA) is 93.4 Å². The summed E-state index contributed by atoms with van der Waals surface area (Å²) < 4.78 is 27.2. The normalized spacial score (nSPS) is 11.2. The van der Waals surface area contributed by atoms with Crippen LogP contribution in [0.3, 0.4) is 0 Å². The molecule has 1 N–H and O–H groups in total. The molecule has 0 unspecified atom stereocenters. The highest BCUT2D eigenvalue weighted by atomic mass is 32.2. The Morgan fingerprint density at radius 3 is 2.62 bits per heavy atom. The summed E-state index contributed by atoms with van der Waals surface area (Å²) in [5.74, 6) is -0.571. The first-order chi connectivity index (χ1) is 15.2. The van der Waals surface area contributed by atoms with E-state index in [0.29, 0.717) is 5.56 Å². The molecular weight excluding hydrogens is 424 g/mol. The molecule has 0 aliphatic carbocycles. The van der Waals surface area contributed by atoms with E-state index in [1.54, 1.807) is 36.7 Å². The lowest BCUT2D eigenvalue weighted by Gasteiger charge is -2.19. The zero-order valence-corrected chi connectivity index (χ0v) is 19.0. The van der Waals surface area contributed by atoms with E-state index >= 15 is 0 Å². The van der Waals surface area contributed by atoms with Crippen LogP contribution in [0.5, 0.6) is 0 Å². The number of pyridine rings is 2. The van der Waals surface area contributed by atoms with Crippen LogP contribution in [0.2, 0.25) is 0 Å². The van der Waals surface area contributed by atoms with Crippen molar-refractivity contribution in [2.45, 2.75) is 38.9 Å². The number of nitrogens with zero attached hydrogens (tertiary/aromatic N) is 3. The molecule has 0 bridgehead atoms. The number of rotatable bonds is 7. The van der Waals surface area contributed by atoms with Crippen molar-refractivity contribution in [3.8, 4) is 11.1 Å². The number of amides is 1. The molecule has 2 heterocycles. The van der Waals surface area contributed by atoms with Gasteiger partial charge < -0.3 is 4.85 Å². The summed E-state index contributed by atoms with van der Waals surface area (Å²) in [5, 5.41) is 0. The largest absolute Gasteiger partial charge is 0.361 e. The van der Waals surface area contributed by atoms with Crippen molar-refractivity contribution in [1.82, 2.24) is 14.7 Å². The van der Waals surface area contributed by atoms with E-state index in [-0.39, 0.29) is 23.9 Å². The Labute approximate surface area is 188 Å². The van der Waals surface area contributed by atoms with E-state index in [9.17, 15) is 13.2 Å². The van der Waals surface area contributed by atoms with Gasteiger partial charge in [0.2, 0.25) is 15.9 Å². The van der Waals surface area contributed by atoms with Gasteiger partial charge in [0.25, 0.3) is 5.82 Å². The first-order valence-electron chi connectivity index (χ1n) is 10.1. The highest BCUT2D eigenvalue weighted by Gasteiger charge is 2.21. The molecule has 0 aliphatic rings. The molecule has 0 saturated carbocycles. The van der Waals surface area contributed by atoms with Crippen molar-refractivity contribution in [3.05, 3.63) is 88.7 Å². The Morgan fingerprint density at radius 1 is 1.19 bits per heavy atom. The van der Waals surface area contributed by atoms with Crippen LogP contribution in [0.15, 0.2) is 55.0 Å². The number of aromatic nitrogens is 2. The van der Waals surface area contributed by atoms with E-state index in [4.69, 9.17) is 6.57 Å². The van der Waals surface area contributed by atoms with Crippen LogP contribution in [0.1, 0.15) is 42.0 Å². The van der Waals surface area contributed by atoms with E-state index in [1.807, 2.05) is 32.9 Å². The Hall–Kier alpha value is -3.57. The Bertz CT molecular complexity index is 1280. The summed E-state index contributed by atoms with van der Waals surface area (Å²) >= 11 is 0. The van der Waals surface area contributed by atoms with E-state index in [0.717, 1.165) is 27.8 Å². The predicted molar refractivity (Wildman–Crippen MR) is 123 cm³/mol. The Kier molecular flexibility index (Phi) is 7.01. The van der Waals surface area contributed by atoms with Crippen LogP contribution in [-0.2, 0) is 27.0 Å². The lowest BCUT2D eigenvalue weighted by Crippen LogP contribution is -2.33. The van der Waals surface area contributed by atoms with Crippen LogP contribution in [0.4, 0.5) is 5.82 Å². The van der Waals surface area contributed by atoms with Gasteiger partial charge in [0.05, 0.1) is 12.2 Å². The number of benzene rings is 1. The summed E-state index contributed by atoms with van der Waals surface area (Å²) in [5.41, 5.74) is 4.76. The van der Waals surface area contributed by atoms with Gasteiger partial charge in [-0.1, -0.05) is 44.2 Å². The molecule has 0 fully saturated rings. The van der Waals surface area contributed by atoms with Gasteiger partial charge in [0.1, 0.15) is 6.20 Å². The average molecular weight is 449 g/mol. The lowest BCUT2D eigenvalue weighted by atomic mass is 9.87. The first-order valence-corrected chi connectivity index (χ1v) is 11.7. The number of aryl methyl sites for hydroxylation is 1. The van der Waals surface area contributed by atoms with Crippen LogP contribution in [0, 0.1) is 13.5 Å². The Balaban J connectivity index is 1.95. The number of nitrogens with one attached hydrogen (secondary N) is 1. The molecule has 0 radical (unpaired) electrons. The lowest BCUT2D eigenvalue weighted by molar-refractivity contribution is -0.118. The molecule has 32 heavy (non-hydrogen) atoms. The summed E-state index contributed by atoms with van der Waals surface area (Å²) in [6, 6.07) is 10.7. The number of hydrogen-bond acceptors (Lipinski definition) is 5. The predicted octanol–water partition coefficient (Wildman–Crippen LogP) is 4.31. The molecule has 164 valence electrons. The molecule has 7 nitrogen and oxygen atoms in total. The van der Waals surface area contributed by atoms with Crippen LogP contribution in [-0.4, -0.2) is 24.3 Å². The minimum Gasteiger partial charge on any atom is -0.361 e. The number of hydrogen-bond donors (Lipinski definition) is 1. The van der Waals surface area contributed by atoms with Gasteiger partial charge in [-0.25, -0.2) is 8.42 Å². The van der Waals surface area contributed by atoms with Crippen molar-refractivity contribution in [3.63, 3.8) is 0 Å². The molecule has 0 aliphatic heterocycles. The second kappa shape index (κ2) is 9.71. The smallest absolute Gasteiger partial charge is 0.270 e. The maximum absolute atomic E-state index is 12.8. The molecule has 1 amide bonds. The van der Waals surface area contributed by atoms with Gasteiger partial charge in [0.15, 0.2) is 0 Å². The van der Waals surface area contributed by atoms with Crippen molar-refractivity contribution < 1.29 is 13.2 Å². The van der Waals surface area contributed by atoms with E-state index < -0.39 is 15.9 Å². The Morgan fingerprint density at radius 2 is 1.97 bits per heavy atom. The monoisotopic (exact) mass is 448 g/mol. The fourth-order valence-corrected chi connectivity index (χ4v) is 4.67. The minimum atomic E-state index is -3.87. The van der Waals surface area contributed by atoms with Gasteiger partial charge >= 0.3 is 0 Å². The summed E-state index contributed by atoms with van der Waals surface area (Å²) in [7, 11) is -3.87. The van der Waals surface area contributed by atoms with Crippen molar-refractivity contribution in [1.29, 1.82) is 0 Å². The summed E-state index contributed by atoms with van der Waals surface area (Å²) in [4.78, 5) is 24.1. The number of carbonyl (C=O) groups excluding carboxylic acids is 1. The maximum atomic E-state index is 12.8. The van der Waals surface area contributed by atoms with Crippen molar-refractivity contribution in [2.75, 3.05) is 0 Å². The minimum absolute atomic E-state index is 0.106. The van der Waals surface area contributed by atoms with Gasteiger partial charge in [0, 0.05) is 12.4 Å². The molecule has 0 saturated heterocycles. The average Bonchev–Trinajstić information content (AvgIpc) is 2.74. The van der Waals surface area contributed by atoms with Crippen molar-refractivity contribution >= 4 is 21.7 Å². The third-order valence-corrected chi connectivity index (χ3v) is 6.16. The zero-order valence-electron chi connectivity index (χ0n) is 18.2. The second-order valence-electron chi connectivity index (χ2n) is 7.87. The van der Waals surface area contributed by atoms with E-state index in [2.05, 4.69) is 19.5 Å². The molecule has 8 heteroatoms. The quantitative estimate of drug-likeness (QED) is 0.544. The fourth-order valence-electron chi connectivity index (χ4n) is 3.57. The molecule has 0 atom stereocenters. The van der Waals surface area contributed by atoms with Crippen LogP contribution >= 0.6 is 0 Å². The molecule has 2 aromatic heterocycles. The van der Waals surface area contributed by atoms with Gasteiger partial charge in [-0.15, -0.1) is 4.98 Å².